The molecule has 0 aromatic heterocycles. The molecule has 5 fully saturated rings. The van der Waals surface area contributed by atoms with Gasteiger partial charge in [-0.1, -0.05) is 13.8 Å². The predicted molar refractivity (Wildman–Crippen MR) is 107 cm³/mol. The standard InChI is InChI=1S/C24H36O5/c1-21-9-5-14(25)13-23(21,28)11-6-16-17(21)7-10-22(2)20(16)15-3-4-18(15)24(22,29)12-8-19(26)27/h15-18,20,28-29H,3-13H2,1-2H3,(H,26,27)/t15-,16-,17+,18+,20+,21-,22+,23+,24+/m1/s1. The summed E-state index contributed by atoms with van der Waals surface area (Å²) in [7, 11) is 0. The van der Waals surface area contributed by atoms with Crippen LogP contribution in [0.3, 0.4) is 0 Å². The zero-order valence-corrected chi connectivity index (χ0v) is 17.8. The van der Waals surface area contributed by atoms with Gasteiger partial charge in [-0.3, -0.25) is 9.59 Å². The Balaban J connectivity index is 1.49. The Bertz CT molecular complexity index is 750. The minimum Gasteiger partial charge on any atom is -0.481 e. The molecule has 3 N–H and O–H groups in total. The number of rotatable bonds is 3. The van der Waals surface area contributed by atoms with Crippen LogP contribution < -0.4 is 0 Å². The third kappa shape index (κ3) is 2.35. The molecule has 0 radical (unpaired) electrons. The van der Waals surface area contributed by atoms with E-state index in [1.165, 1.54) is 0 Å². The maximum absolute atomic E-state index is 12.1. The minimum atomic E-state index is -0.874. The summed E-state index contributed by atoms with van der Waals surface area (Å²) >= 11 is 0. The number of aliphatic hydroxyl groups is 2. The van der Waals surface area contributed by atoms with Crippen molar-refractivity contribution in [1.29, 1.82) is 0 Å². The molecule has 29 heavy (non-hydrogen) atoms. The molecule has 0 aliphatic heterocycles. The molecule has 5 nitrogen and oxygen atoms in total. The van der Waals surface area contributed by atoms with Gasteiger partial charge in [0.05, 0.1) is 11.2 Å². The number of carbonyl (C=O) groups is 2. The van der Waals surface area contributed by atoms with Gasteiger partial charge in [-0.2, -0.15) is 0 Å². The molecule has 5 saturated carbocycles. The summed E-state index contributed by atoms with van der Waals surface area (Å²) < 4.78 is 0. The first-order chi connectivity index (χ1) is 13.6. The topological polar surface area (TPSA) is 94.8 Å². The second-order valence-electron chi connectivity index (χ2n) is 11.6. The summed E-state index contributed by atoms with van der Waals surface area (Å²) in [5.74, 6) is 1.39. The van der Waals surface area contributed by atoms with Gasteiger partial charge in [0.15, 0.2) is 0 Å². The summed E-state index contributed by atoms with van der Waals surface area (Å²) in [6, 6.07) is 0. The molecule has 5 rings (SSSR count). The van der Waals surface area contributed by atoms with Gasteiger partial charge in [0.25, 0.3) is 0 Å². The fourth-order valence-corrected chi connectivity index (χ4v) is 9.32. The van der Waals surface area contributed by atoms with Crippen LogP contribution in [0.15, 0.2) is 0 Å². The first kappa shape index (κ1) is 20.0. The van der Waals surface area contributed by atoms with Crippen LogP contribution in [0.2, 0.25) is 0 Å². The van der Waals surface area contributed by atoms with E-state index in [1.54, 1.807) is 0 Å². The first-order valence-corrected chi connectivity index (χ1v) is 11.7. The molecule has 0 amide bonds. The molecule has 0 aromatic rings. The predicted octanol–water partition coefficient (Wildman–Crippen LogP) is 3.56. The van der Waals surface area contributed by atoms with E-state index in [2.05, 4.69) is 13.8 Å². The fraction of sp³-hybridized carbons (Fsp3) is 0.917. The van der Waals surface area contributed by atoms with Crippen molar-refractivity contribution in [2.24, 2.45) is 40.4 Å². The van der Waals surface area contributed by atoms with Crippen molar-refractivity contribution < 1.29 is 24.9 Å². The van der Waals surface area contributed by atoms with Crippen molar-refractivity contribution in [3.05, 3.63) is 0 Å². The average molecular weight is 405 g/mol. The van der Waals surface area contributed by atoms with Crippen molar-refractivity contribution in [2.75, 3.05) is 0 Å². The zero-order valence-electron chi connectivity index (χ0n) is 17.8. The number of fused-ring (bicyclic) bond motifs is 7. The van der Waals surface area contributed by atoms with Crippen LogP contribution in [-0.4, -0.2) is 38.3 Å². The lowest BCUT2D eigenvalue weighted by Crippen LogP contribution is -2.63. The van der Waals surface area contributed by atoms with Gasteiger partial charge >= 0.3 is 5.97 Å². The normalized spacial score (nSPS) is 55.9. The Hall–Kier alpha value is -0.940. The van der Waals surface area contributed by atoms with Crippen LogP contribution in [0.25, 0.3) is 0 Å². The largest absolute Gasteiger partial charge is 0.481 e. The van der Waals surface area contributed by atoms with Crippen LogP contribution in [0.4, 0.5) is 0 Å². The molecule has 0 heterocycles. The van der Waals surface area contributed by atoms with Crippen LogP contribution in [0.1, 0.15) is 84.5 Å². The lowest BCUT2D eigenvalue weighted by molar-refractivity contribution is -0.215. The number of carbonyl (C=O) groups excluding carboxylic acids is 1. The molecule has 0 bridgehead atoms. The summed E-state index contributed by atoms with van der Waals surface area (Å²) in [5.41, 5.74) is -2.19. The van der Waals surface area contributed by atoms with Crippen LogP contribution in [0.5, 0.6) is 0 Å². The Labute approximate surface area is 173 Å². The number of carboxylic acid groups (broad SMARTS) is 1. The van der Waals surface area contributed by atoms with E-state index >= 15 is 0 Å². The molecule has 0 unspecified atom stereocenters. The number of ketones is 1. The number of hydrogen-bond donors (Lipinski definition) is 3. The molecular weight excluding hydrogens is 368 g/mol. The van der Waals surface area contributed by atoms with Gasteiger partial charge in [0, 0.05) is 24.7 Å². The van der Waals surface area contributed by atoms with E-state index in [-0.39, 0.29) is 29.0 Å². The number of hydrogen-bond acceptors (Lipinski definition) is 4. The molecule has 162 valence electrons. The smallest absolute Gasteiger partial charge is 0.303 e. The van der Waals surface area contributed by atoms with Crippen LogP contribution >= 0.6 is 0 Å². The van der Waals surface area contributed by atoms with E-state index in [0.29, 0.717) is 49.4 Å². The first-order valence-electron chi connectivity index (χ1n) is 11.7. The van der Waals surface area contributed by atoms with E-state index in [9.17, 15) is 24.9 Å². The van der Waals surface area contributed by atoms with Crippen LogP contribution in [0, 0.1) is 40.4 Å². The molecule has 0 aromatic carbocycles. The Morgan fingerprint density at radius 1 is 0.966 bits per heavy atom. The van der Waals surface area contributed by atoms with Crippen molar-refractivity contribution in [1.82, 2.24) is 0 Å². The second kappa shape index (κ2) is 6.06. The maximum Gasteiger partial charge on any atom is 0.303 e. The van der Waals surface area contributed by atoms with Crippen molar-refractivity contribution in [2.45, 2.75) is 95.7 Å². The quantitative estimate of drug-likeness (QED) is 0.669. The van der Waals surface area contributed by atoms with Gasteiger partial charge < -0.3 is 15.3 Å². The molecule has 9 atom stereocenters. The average Bonchev–Trinajstić information content (AvgIpc) is 2.75. The summed E-state index contributed by atoms with van der Waals surface area (Å²) in [6.07, 6.45) is 7.73. The van der Waals surface area contributed by atoms with E-state index < -0.39 is 17.2 Å². The van der Waals surface area contributed by atoms with E-state index in [1.807, 2.05) is 0 Å². The Morgan fingerprint density at radius 3 is 2.34 bits per heavy atom. The molecular formula is C24H36O5. The van der Waals surface area contributed by atoms with Gasteiger partial charge in [-0.15, -0.1) is 0 Å². The molecule has 0 saturated heterocycles. The van der Waals surface area contributed by atoms with Crippen molar-refractivity contribution in [3.8, 4) is 0 Å². The summed E-state index contributed by atoms with van der Waals surface area (Å²) in [4.78, 5) is 23.4. The fourth-order valence-electron chi connectivity index (χ4n) is 9.32. The summed E-state index contributed by atoms with van der Waals surface area (Å²) in [5, 5.41) is 32.7. The Morgan fingerprint density at radius 2 is 1.69 bits per heavy atom. The maximum atomic E-state index is 12.1. The molecule has 5 aliphatic carbocycles. The van der Waals surface area contributed by atoms with Gasteiger partial charge in [-0.25, -0.2) is 0 Å². The number of aliphatic carboxylic acids is 1. The lowest BCUT2D eigenvalue weighted by atomic mass is 9.42. The molecule has 5 heteroatoms. The van der Waals surface area contributed by atoms with Gasteiger partial charge in [-0.05, 0) is 86.4 Å². The highest BCUT2D eigenvalue weighted by Crippen LogP contribution is 2.75. The summed E-state index contributed by atoms with van der Waals surface area (Å²) in [6.45, 7) is 4.46. The second-order valence-corrected chi connectivity index (χ2v) is 11.6. The number of carboxylic acids is 1. The molecule has 5 aliphatic rings. The van der Waals surface area contributed by atoms with E-state index in [0.717, 1.165) is 38.5 Å². The highest BCUT2D eigenvalue weighted by atomic mass is 16.4. The highest BCUT2D eigenvalue weighted by Gasteiger charge is 2.73. The number of Topliss-reactive ketones (excluding diaryl/α,β-unsaturated/α-hetero) is 1. The lowest BCUT2D eigenvalue weighted by Gasteiger charge is -2.64. The van der Waals surface area contributed by atoms with Crippen molar-refractivity contribution in [3.63, 3.8) is 0 Å². The van der Waals surface area contributed by atoms with Crippen molar-refractivity contribution >= 4 is 11.8 Å². The van der Waals surface area contributed by atoms with Gasteiger partial charge in [0.1, 0.15) is 5.78 Å². The van der Waals surface area contributed by atoms with E-state index in [4.69, 9.17) is 0 Å². The Kier molecular flexibility index (Phi) is 4.18. The SMILES string of the molecule is C[C@]12CC[C@H]3[C@@H](CC[C@]4(O)CC(=O)CC[C@]34C)[C@@H]1[C@@H]1CC[C@@H]1[C@@]2(O)CCC(=O)O. The zero-order chi connectivity index (χ0) is 20.8. The van der Waals surface area contributed by atoms with Crippen LogP contribution in [-0.2, 0) is 9.59 Å². The highest BCUT2D eigenvalue weighted by molar-refractivity contribution is 5.80. The minimum absolute atomic E-state index is 0.0374. The monoisotopic (exact) mass is 404 g/mol. The molecule has 0 spiro atoms. The van der Waals surface area contributed by atoms with Gasteiger partial charge in [0.2, 0.25) is 0 Å². The third-order valence-electron chi connectivity index (χ3n) is 11.0. The third-order valence-corrected chi connectivity index (χ3v) is 11.0.